The zero-order valence-electron chi connectivity index (χ0n) is 12.3. The van der Waals surface area contributed by atoms with Crippen molar-refractivity contribution in [2.24, 2.45) is 22.7 Å². The molecule has 0 heteroatoms. The van der Waals surface area contributed by atoms with Gasteiger partial charge in [0, 0.05) is 0 Å². The molecule has 0 rings (SSSR count). The molecular formula is C15H32. The van der Waals surface area contributed by atoms with Gasteiger partial charge in [0.1, 0.15) is 0 Å². The van der Waals surface area contributed by atoms with Gasteiger partial charge in [-0.1, -0.05) is 68.2 Å². The summed E-state index contributed by atoms with van der Waals surface area (Å²) in [5.74, 6) is 1.65. The van der Waals surface area contributed by atoms with E-state index in [0.29, 0.717) is 10.8 Å². The quantitative estimate of drug-likeness (QED) is 0.563. The molecule has 0 aromatic rings. The van der Waals surface area contributed by atoms with Crippen molar-refractivity contribution in [1.82, 2.24) is 0 Å². The van der Waals surface area contributed by atoms with E-state index in [1.165, 1.54) is 19.3 Å². The lowest BCUT2D eigenvalue weighted by Gasteiger charge is -2.43. The Morgan fingerprint density at radius 3 is 1.67 bits per heavy atom. The third kappa shape index (κ3) is 4.17. The summed E-state index contributed by atoms with van der Waals surface area (Å²) in [5.41, 5.74) is 0.926. The summed E-state index contributed by atoms with van der Waals surface area (Å²) in [5, 5.41) is 0. The van der Waals surface area contributed by atoms with Gasteiger partial charge in [0.05, 0.1) is 0 Å². The number of hydrogen-bond acceptors (Lipinski definition) is 0. The molecule has 0 nitrogen and oxygen atoms in total. The molecule has 0 aliphatic carbocycles. The summed E-state index contributed by atoms with van der Waals surface area (Å²) in [7, 11) is 0. The highest BCUT2D eigenvalue weighted by molar-refractivity contribution is 4.86. The van der Waals surface area contributed by atoms with E-state index in [4.69, 9.17) is 0 Å². The SMILES string of the molecule is CCCC(C(C)C(C)(C)C)C(C)(C)CC. The van der Waals surface area contributed by atoms with Gasteiger partial charge in [-0.3, -0.25) is 0 Å². The summed E-state index contributed by atoms with van der Waals surface area (Å²) < 4.78 is 0. The lowest BCUT2D eigenvalue weighted by molar-refractivity contribution is 0.0619. The van der Waals surface area contributed by atoms with Gasteiger partial charge in [0.2, 0.25) is 0 Å². The van der Waals surface area contributed by atoms with Crippen molar-refractivity contribution in [2.75, 3.05) is 0 Å². The molecule has 0 aromatic carbocycles. The minimum absolute atomic E-state index is 0.437. The van der Waals surface area contributed by atoms with E-state index < -0.39 is 0 Å². The van der Waals surface area contributed by atoms with Gasteiger partial charge in [-0.2, -0.15) is 0 Å². The molecule has 0 saturated carbocycles. The van der Waals surface area contributed by atoms with Crippen molar-refractivity contribution in [3.8, 4) is 0 Å². The molecule has 0 aliphatic heterocycles. The van der Waals surface area contributed by atoms with Crippen molar-refractivity contribution in [2.45, 2.75) is 74.7 Å². The zero-order valence-corrected chi connectivity index (χ0v) is 12.3. The maximum atomic E-state index is 2.44. The highest BCUT2D eigenvalue weighted by atomic mass is 14.4. The standard InChI is InChI=1S/C15H32/c1-9-11-13(15(7,8)10-2)12(3)14(4,5)6/h12-13H,9-11H2,1-8H3. The van der Waals surface area contributed by atoms with Crippen molar-refractivity contribution >= 4 is 0 Å². The predicted molar refractivity (Wildman–Crippen MR) is 71.1 cm³/mol. The molecule has 92 valence electrons. The van der Waals surface area contributed by atoms with E-state index >= 15 is 0 Å². The van der Waals surface area contributed by atoms with Crippen LogP contribution in [0.3, 0.4) is 0 Å². The summed E-state index contributed by atoms with van der Waals surface area (Å²) in [6.07, 6.45) is 3.98. The van der Waals surface area contributed by atoms with Crippen LogP contribution in [0.4, 0.5) is 0 Å². The fourth-order valence-corrected chi connectivity index (χ4v) is 2.49. The minimum Gasteiger partial charge on any atom is -0.0654 e. The maximum absolute atomic E-state index is 2.44. The fraction of sp³-hybridized carbons (Fsp3) is 1.00. The second-order valence-electron chi connectivity index (χ2n) is 6.89. The van der Waals surface area contributed by atoms with Gasteiger partial charge in [-0.05, 0) is 29.1 Å². The molecule has 2 unspecified atom stereocenters. The van der Waals surface area contributed by atoms with Crippen LogP contribution in [-0.2, 0) is 0 Å². The van der Waals surface area contributed by atoms with Gasteiger partial charge >= 0.3 is 0 Å². The third-order valence-electron chi connectivity index (χ3n) is 4.48. The van der Waals surface area contributed by atoms with Crippen LogP contribution in [-0.4, -0.2) is 0 Å². The van der Waals surface area contributed by atoms with Crippen LogP contribution in [0, 0.1) is 22.7 Å². The Morgan fingerprint density at radius 1 is 0.933 bits per heavy atom. The molecule has 0 amide bonds. The minimum atomic E-state index is 0.437. The molecule has 0 saturated heterocycles. The first-order chi connectivity index (χ1) is 6.66. The third-order valence-corrected chi connectivity index (χ3v) is 4.48. The largest absolute Gasteiger partial charge is 0.0654 e. The first-order valence-corrected chi connectivity index (χ1v) is 6.66. The lowest BCUT2D eigenvalue weighted by Crippen LogP contribution is -2.35. The van der Waals surface area contributed by atoms with Crippen molar-refractivity contribution in [3.63, 3.8) is 0 Å². The topological polar surface area (TPSA) is 0 Å². The number of rotatable bonds is 5. The molecule has 15 heavy (non-hydrogen) atoms. The van der Waals surface area contributed by atoms with Crippen molar-refractivity contribution in [3.05, 3.63) is 0 Å². The van der Waals surface area contributed by atoms with Crippen LogP contribution in [0.1, 0.15) is 74.7 Å². The van der Waals surface area contributed by atoms with Crippen LogP contribution in [0.5, 0.6) is 0 Å². The highest BCUT2D eigenvalue weighted by Crippen LogP contribution is 2.45. The Morgan fingerprint density at radius 2 is 1.40 bits per heavy atom. The highest BCUT2D eigenvalue weighted by Gasteiger charge is 2.36. The van der Waals surface area contributed by atoms with Crippen LogP contribution >= 0.6 is 0 Å². The predicted octanol–water partition coefficient (Wildman–Crippen LogP) is 5.52. The first-order valence-electron chi connectivity index (χ1n) is 6.66. The molecule has 2 atom stereocenters. The average molecular weight is 212 g/mol. The van der Waals surface area contributed by atoms with E-state index in [0.717, 1.165) is 11.8 Å². The Kier molecular flexibility index (Phi) is 5.37. The monoisotopic (exact) mass is 212 g/mol. The van der Waals surface area contributed by atoms with Gasteiger partial charge in [0.25, 0.3) is 0 Å². The summed E-state index contributed by atoms with van der Waals surface area (Å²) in [6.45, 7) is 19.1. The van der Waals surface area contributed by atoms with Crippen LogP contribution in [0.25, 0.3) is 0 Å². The number of hydrogen-bond donors (Lipinski definition) is 0. The van der Waals surface area contributed by atoms with Gasteiger partial charge in [0.15, 0.2) is 0 Å². The molecule has 0 fully saturated rings. The molecular weight excluding hydrogens is 180 g/mol. The molecule has 0 spiro atoms. The Hall–Kier alpha value is 0. The molecule has 0 aromatic heterocycles. The molecule has 0 N–H and O–H groups in total. The van der Waals surface area contributed by atoms with Gasteiger partial charge < -0.3 is 0 Å². The molecule has 0 radical (unpaired) electrons. The van der Waals surface area contributed by atoms with E-state index in [1.807, 2.05) is 0 Å². The first kappa shape index (κ1) is 15.0. The van der Waals surface area contributed by atoms with Crippen LogP contribution in [0.2, 0.25) is 0 Å². The van der Waals surface area contributed by atoms with E-state index in [9.17, 15) is 0 Å². The van der Waals surface area contributed by atoms with Crippen LogP contribution < -0.4 is 0 Å². The smallest absolute Gasteiger partial charge is 0.0326 e. The lowest BCUT2D eigenvalue weighted by atomic mass is 9.62. The van der Waals surface area contributed by atoms with E-state index in [2.05, 4.69) is 55.4 Å². The van der Waals surface area contributed by atoms with E-state index in [1.54, 1.807) is 0 Å². The summed E-state index contributed by atoms with van der Waals surface area (Å²) in [4.78, 5) is 0. The van der Waals surface area contributed by atoms with Crippen molar-refractivity contribution in [1.29, 1.82) is 0 Å². The van der Waals surface area contributed by atoms with Gasteiger partial charge in [-0.15, -0.1) is 0 Å². The molecule has 0 bridgehead atoms. The zero-order chi connectivity index (χ0) is 12.3. The average Bonchev–Trinajstić information content (AvgIpc) is 2.11. The van der Waals surface area contributed by atoms with Gasteiger partial charge in [-0.25, -0.2) is 0 Å². The normalized spacial score (nSPS) is 17.6. The Labute approximate surface area is 97.8 Å². The Bertz CT molecular complexity index is 171. The second-order valence-corrected chi connectivity index (χ2v) is 6.89. The Balaban J connectivity index is 4.81. The summed E-state index contributed by atoms with van der Waals surface area (Å²) >= 11 is 0. The fourth-order valence-electron chi connectivity index (χ4n) is 2.49. The molecule has 0 heterocycles. The molecule has 0 aliphatic rings. The van der Waals surface area contributed by atoms with Crippen molar-refractivity contribution < 1.29 is 0 Å². The van der Waals surface area contributed by atoms with Crippen LogP contribution in [0.15, 0.2) is 0 Å². The maximum Gasteiger partial charge on any atom is -0.0326 e. The second kappa shape index (κ2) is 5.37. The van der Waals surface area contributed by atoms with E-state index in [-0.39, 0.29) is 0 Å². The summed E-state index contributed by atoms with van der Waals surface area (Å²) in [6, 6.07) is 0.